The van der Waals surface area contributed by atoms with Crippen LogP contribution in [-0.4, -0.2) is 40.6 Å². The highest BCUT2D eigenvalue weighted by molar-refractivity contribution is 6.18. The van der Waals surface area contributed by atoms with Gasteiger partial charge in [0.25, 0.3) is 5.91 Å². The van der Waals surface area contributed by atoms with Gasteiger partial charge in [-0.05, 0) is 11.5 Å². The van der Waals surface area contributed by atoms with Crippen molar-refractivity contribution in [1.82, 2.24) is 9.88 Å². The monoisotopic (exact) mass is 296 g/mol. The van der Waals surface area contributed by atoms with Crippen molar-refractivity contribution < 1.29 is 4.79 Å². The number of carbonyl (C=O) groups is 1. The molecule has 0 unspecified atom stereocenters. The first-order chi connectivity index (χ1) is 9.27. The van der Waals surface area contributed by atoms with Crippen molar-refractivity contribution in [2.75, 3.05) is 24.8 Å². The summed E-state index contributed by atoms with van der Waals surface area (Å²) in [5.41, 5.74) is 0.452. The van der Waals surface area contributed by atoms with Gasteiger partial charge in [0.2, 0.25) is 0 Å². The van der Waals surface area contributed by atoms with E-state index in [1.165, 1.54) is 0 Å². The summed E-state index contributed by atoms with van der Waals surface area (Å²) in [6.45, 7) is 0.940. The lowest BCUT2D eigenvalue weighted by Crippen LogP contribution is -2.35. The first kappa shape index (κ1) is 14.1. The van der Waals surface area contributed by atoms with Crippen LogP contribution in [0.3, 0.4) is 0 Å². The number of fused-ring (bicyclic) bond motifs is 1. The van der Waals surface area contributed by atoms with E-state index >= 15 is 0 Å². The minimum atomic E-state index is -0.127. The number of nitrogens with zero attached hydrogens (tertiary/aromatic N) is 2. The molecular weight excluding hydrogens is 283 g/mol. The number of rotatable bonds is 5. The number of amides is 1. The molecular formula is C14H14Cl2N2O. The number of pyridine rings is 1. The topological polar surface area (TPSA) is 33.2 Å². The van der Waals surface area contributed by atoms with Gasteiger partial charge in [0.15, 0.2) is 0 Å². The van der Waals surface area contributed by atoms with Gasteiger partial charge < -0.3 is 4.90 Å². The Morgan fingerprint density at radius 1 is 1.11 bits per heavy atom. The molecule has 0 radical (unpaired) electrons. The van der Waals surface area contributed by atoms with Gasteiger partial charge in [-0.2, -0.15) is 0 Å². The van der Waals surface area contributed by atoms with E-state index in [0.717, 1.165) is 10.8 Å². The third kappa shape index (κ3) is 3.17. The molecule has 1 amide bonds. The van der Waals surface area contributed by atoms with Gasteiger partial charge in [-0.1, -0.05) is 24.3 Å². The Morgan fingerprint density at radius 3 is 2.47 bits per heavy atom. The first-order valence-electron chi connectivity index (χ1n) is 6.03. The Kier molecular flexibility index (Phi) is 5.00. The average molecular weight is 297 g/mol. The Balaban J connectivity index is 2.39. The highest BCUT2D eigenvalue weighted by Gasteiger charge is 2.18. The SMILES string of the molecule is O=C(c1nccc2ccccc12)N(CCCl)CCCl. The Hall–Kier alpha value is -1.32. The molecule has 2 rings (SSSR count). The predicted octanol–water partition coefficient (Wildman–Crippen LogP) is 3.15. The molecule has 0 N–H and O–H groups in total. The number of alkyl halides is 2. The van der Waals surface area contributed by atoms with Gasteiger partial charge in [0, 0.05) is 36.4 Å². The van der Waals surface area contributed by atoms with Crippen molar-refractivity contribution >= 4 is 39.9 Å². The number of aromatic nitrogens is 1. The quantitative estimate of drug-likeness (QED) is 0.794. The van der Waals surface area contributed by atoms with Crippen molar-refractivity contribution in [3.8, 4) is 0 Å². The molecule has 0 aliphatic rings. The summed E-state index contributed by atoms with van der Waals surface area (Å²) in [6.07, 6.45) is 1.65. The molecule has 0 saturated heterocycles. The number of hydrogen-bond donors (Lipinski definition) is 0. The van der Waals surface area contributed by atoms with Crippen LogP contribution >= 0.6 is 23.2 Å². The second-order valence-electron chi connectivity index (χ2n) is 4.05. The molecule has 0 spiro atoms. The van der Waals surface area contributed by atoms with Crippen LogP contribution in [0.5, 0.6) is 0 Å². The van der Waals surface area contributed by atoms with E-state index in [-0.39, 0.29) is 5.91 Å². The zero-order valence-electron chi connectivity index (χ0n) is 10.4. The van der Waals surface area contributed by atoms with Gasteiger partial charge >= 0.3 is 0 Å². The summed E-state index contributed by atoms with van der Waals surface area (Å²) in [7, 11) is 0. The van der Waals surface area contributed by atoms with Crippen LogP contribution in [0.15, 0.2) is 36.5 Å². The molecule has 0 fully saturated rings. The summed E-state index contributed by atoms with van der Waals surface area (Å²) in [5, 5.41) is 1.85. The minimum Gasteiger partial charge on any atom is -0.335 e. The summed E-state index contributed by atoms with van der Waals surface area (Å²) in [6, 6.07) is 9.58. The maximum Gasteiger partial charge on any atom is 0.273 e. The van der Waals surface area contributed by atoms with Crippen molar-refractivity contribution in [2.45, 2.75) is 0 Å². The second-order valence-corrected chi connectivity index (χ2v) is 4.81. The summed E-state index contributed by atoms with van der Waals surface area (Å²) in [4.78, 5) is 18.3. The van der Waals surface area contributed by atoms with E-state index in [1.54, 1.807) is 11.1 Å². The Bertz CT molecular complexity index is 563. The zero-order chi connectivity index (χ0) is 13.7. The maximum atomic E-state index is 12.5. The molecule has 0 aliphatic heterocycles. The number of carbonyl (C=O) groups excluding carboxylic acids is 1. The molecule has 2 aromatic rings. The highest BCUT2D eigenvalue weighted by Crippen LogP contribution is 2.17. The van der Waals surface area contributed by atoms with Crippen LogP contribution in [0, 0.1) is 0 Å². The lowest BCUT2D eigenvalue weighted by molar-refractivity contribution is 0.0771. The van der Waals surface area contributed by atoms with E-state index in [9.17, 15) is 4.79 Å². The molecule has 1 aromatic carbocycles. The van der Waals surface area contributed by atoms with E-state index in [4.69, 9.17) is 23.2 Å². The third-order valence-electron chi connectivity index (χ3n) is 2.87. The summed E-state index contributed by atoms with van der Waals surface area (Å²) < 4.78 is 0. The van der Waals surface area contributed by atoms with Crippen LogP contribution in [-0.2, 0) is 0 Å². The molecule has 1 aromatic heterocycles. The number of halogens is 2. The van der Waals surface area contributed by atoms with E-state index in [1.807, 2.05) is 30.3 Å². The number of benzene rings is 1. The molecule has 100 valence electrons. The molecule has 0 atom stereocenters. The molecule has 3 nitrogen and oxygen atoms in total. The Morgan fingerprint density at radius 2 is 1.79 bits per heavy atom. The van der Waals surface area contributed by atoms with Crippen molar-refractivity contribution in [3.05, 3.63) is 42.2 Å². The predicted molar refractivity (Wildman–Crippen MR) is 79.1 cm³/mol. The Labute approximate surface area is 122 Å². The van der Waals surface area contributed by atoms with E-state index in [0.29, 0.717) is 30.5 Å². The number of hydrogen-bond acceptors (Lipinski definition) is 2. The lowest BCUT2D eigenvalue weighted by atomic mass is 10.1. The van der Waals surface area contributed by atoms with Gasteiger partial charge in [0.05, 0.1) is 0 Å². The molecule has 5 heteroatoms. The second kappa shape index (κ2) is 6.73. The van der Waals surface area contributed by atoms with Crippen molar-refractivity contribution in [2.24, 2.45) is 0 Å². The van der Waals surface area contributed by atoms with Gasteiger partial charge in [0.1, 0.15) is 5.69 Å². The molecule has 0 bridgehead atoms. The smallest absolute Gasteiger partial charge is 0.273 e. The largest absolute Gasteiger partial charge is 0.335 e. The fourth-order valence-corrected chi connectivity index (χ4v) is 2.37. The maximum absolute atomic E-state index is 12.5. The van der Waals surface area contributed by atoms with Crippen molar-refractivity contribution in [3.63, 3.8) is 0 Å². The van der Waals surface area contributed by atoms with E-state index in [2.05, 4.69) is 4.98 Å². The highest BCUT2D eigenvalue weighted by atomic mass is 35.5. The normalized spacial score (nSPS) is 10.6. The molecule has 0 saturated carbocycles. The fraction of sp³-hybridized carbons (Fsp3) is 0.286. The average Bonchev–Trinajstić information content (AvgIpc) is 2.46. The first-order valence-corrected chi connectivity index (χ1v) is 7.09. The zero-order valence-corrected chi connectivity index (χ0v) is 11.9. The fourth-order valence-electron chi connectivity index (χ4n) is 1.96. The summed E-state index contributed by atoms with van der Waals surface area (Å²) in [5.74, 6) is 0.638. The van der Waals surface area contributed by atoms with Crippen LogP contribution < -0.4 is 0 Å². The molecule has 19 heavy (non-hydrogen) atoms. The van der Waals surface area contributed by atoms with Crippen LogP contribution in [0.25, 0.3) is 10.8 Å². The van der Waals surface area contributed by atoms with E-state index < -0.39 is 0 Å². The summed E-state index contributed by atoms with van der Waals surface area (Å²) >= 11 is 11.4. The van der Waals surface area contributed by atoms with Crippen LogP contribution in [0.2, 0.25) is 0 Å². The molecule has 1 heterocycles. The molecule has 0 aliphatic carbocycles. The standard InChI is InChI=1S/C14H14Cl2N2O/c15-6-9-18(10-7-16)14(19)13-12-4-2-1-3-11(12)5-8-17-13/h1-5,8H,6-7,9-10H2. The van der Waals surface area contributed by atoms with Crippen LogP contribution in [0.1, 0.15) is 10.5 Å². The minimum absolute atomic E-state index is 0.127. The van der Waals surface area contributed by atoms with Crippen molar-refractivity contribution in [1.29, 1.82) is 0 Å². The van der Waals surface area contributed by atoms with Gasteiger partial charge in [-0.15, -0.1) is 23.2 Å². The van der Waals surface area contributed by atoms with Gasteiger partial charge in [-0.25, -0.2) is 0 Å². The van der Waals surface area contributed by atoms with Crippen LogP contribution in [0.4, 0.5) is 0 Å². The van der Waals surface area contributed by atoms with Gasteiger partial charge in [-0.3, -0.25) is 9.78 Å². The third-order valence-corrected chi connectivity index (χ3v) is 3.21. The lowest BCUT2D eigenvalue weighted by Gasteiger charge is -2.20.